The molecule has 20 heavy (non-hydrogen) atoms. The van der Waals surface area contributed by atoms with E-state index in [-0.39, 0.29) is 11.6 Å². The van der Waals surface area contributed by atoms with E-state index in [4.69, 9.17) is 4.74 Å². The summed E-state index contributed by atoms with van der Waals surface area (Å²) in [5, 5.41) is 3.25. The normalized spacial score (nSPS) is 10.7. The van der Waals surface area contributed by atoms with Crippen LogP contribution in [-0.4, -0.2) is 7.11 Å². The zero-order chi connectivity index (χ0) is 14.5. The van der Waals surface area contributed by atoms with Crippen LogP contribution in [-0.2, 0) is 6.54 Å². The van der Waals surface area contributed by atoms with Crippen molar-refractivity contribution in [3.63, 3.8) is 0 Å². The van der Waals surface area contributed by atoms with Gasteiger partial charge in [-0.2, -0.15) is 0 Å². The van der Waals surface area contributed by atoms with Gasteiger partial charge in [-0.25, -0.2) is 4.39 Å². The Morgan fingerprint density at radius 1 is 1.15 bits per heavy atom. The average molecular weight is 273 g/mol. The molecule has 0 aliphatic heterocycles. The molecular formula is C17H20FNO. The Morgan fingerprint density at radius 2 is 1.90 bits per heavy atom. The van der Waals surface area contributed by atoms with Crippen molar-refractivity contribution in [3.05, 3.63) is 59.4 Å². The first-order valence-electron chi connectivity index (χ1n) is 6.77. The van der Waals surface area contributed by atoms with Gasteiger partial charge in [0.25, 0.3) is 0 Å². The molecule has 2 nitrogen and oxygen atoms in total. The molecule has 0 unspecified atom stereocenters. The number of nitrogens with one attached hydrogen (secondary N) is 1. The minimum atomic E-state index is -0.303. The molecule has 0 saturated heterocycles. The maximum absolute atomic E-state index is 14.0. The van der Waals surface area contributed by atoms with Gasteiger partial charge in [0.2, 0.25) is 0 Å². The fraction of sp³-hybridized carbons (Fsp3) is 0.294. The van der Waals surface area contributed by atoms with E-state index in [9.17, 15) is 4.39 Å². The minimum Gasteiger partial charge on any atom is -0.494 e. The molecule has 0 saturated carbocycles. The highest BCUT2D eigenvalue weighted by molar-refractivity contribution is 5.47. The lowest BCUT2D eigenvalue weighted by molar-refractivity contribution is 0.384. The zero-order valence-corrected chi connectivity index (χ0v) is 12.1. The predicted octanol–water partition coefficient (Wildman–Crippen LogP) is 4.57. The maximum atomic E-state index is 14.0. The summed E-state index contributed by atoms with van der Waals surface area (Å²) >= 11 is 0. The summed E-state index contributed by atoms with van der Waals surface area (Å²) < 4.78 is 19.0. The van der Waals surface area contributed by atoms with E-state index in [1.165, 1.54) is 12.7 Å². The SMILES string of the molecule is COc1cccc(CNc2cccc(C(C)C)c2)c1F. The molecule has 0 fully saturated rings. The number of ether oxygens (including phenoxy) is 1. The highest BCUT2D eigenvalue weighted by atomic mass is 19.1. The van der Waals surface area contributed by atoms with Crippen molar-refractivity contribution in [1.29, 1.82) is 0 Å². The van der Waals surface area contributed by atoms with Crippen molar-refractivity contribution in [3.8, 4) is 5.75 Å². The number of hydrogen-bond donors (Lipinski definition) is 1. The van der Waals surface area contributed by atoms with Gasteiger partial charge in [0.05, 0.1) is 7.11 Å². The second-order valence-corrected chi connectivity index (χ2v) is 5.07. The molecule has 0 atom stereocenters. The smallest absolute Gasteiger partial charge is 0.170 e. The Morgan fingerprint density at radius 3 is 2.60 bits per heavy atom. The molecule has 0 aliphatic rings. The van der Waals surface area contributed by atoms with Gasteiger partial charge in [-0.15, -0.1) is 0 Å². The summed E-state index contributed by atoms with van der Waals surface area (Å²) in [5.74, 6) is 0.452. The van der Waals surface area contributed by atoms with Crippen LogP contribution in [0.25, 0.3) is 0 Å². The minimum absolute atomic E-state index is 0.278. The molecule has 2 rings (SSSR count). The van der Waals surface area contributed by atoms with E-state index >= 15 is 0 Å². The van der Waals surface area contributed by atoms with Crippen molar-refractivity contribution in [2.75, 3.05) is 12.4 Å². The topological polar surface area (TPSA) is 21.3 Å². The second-order valence-electron chi connectivity index (χ2n) is 5.07. The Balaban J connectivity index is 2.11. The second kappa shape index (κ2) is 6.42. The van der Waals surface area contributed by atoms with Crippen molar-refractivity contribution in [2.24, 2.45) is 0 Å². The lowest BCUT2D eigenvalue weighted by Gasteiger charge is -2.12. The van der Waals surface area contributed by atoms with Gasteiger partial charge in [0.15, 0.2) is 11.6 Å². The lowest BCUT2D eigenvalue weighted by atomic mass is 10.0. The molecule has 2 aromatic rings. The van der Waals surface area contributed by atoms with E-state index in [0.717, 1.165) is 5.69 Å². The first kappa shape index (κ1) is 14.4. The van der Waals surface area contributed by atoms with E-state index in [2.05, 4.69) is 31.3 Å². The number of halogens is 1. The van der Waals surface area contributed by atoms with Gasteiger partial charge in [0.1, 0.15) is 0 Å². The van der Waals surface area contributed by atoms with Crippen LogP contribution in [0.3, 0.4) is 0 Å². The van der Waals surface area contributed by atoms with Gasteiger partial charge >= 0.3 is 0 Å². The Bertz CT molecular complexity index is 581. The fourth-order valence-corrected chi connectivity index (χ4v) is 2.06. The number of methoxy groups -OCH3 is 1. The number of anilines is 1. The van der Waals surface area contributed by atoms with Gasteiger partial charge < -0.3 is 10.1 Å². The highest BCUT2D eigenvalue weighted by Gasteiger charge is 2.08. The van der Waals surface area contributed by atoms with Crippen LogP contribution >= 0.6 is 0 Å². The molecule has 0 radical (unpaired) electrons. The predicted molar refractivity (Wildman–Crippen MR) is 80.8 cm³/mol. The van der Waals surface area contributed by atoms with Gasteiger partial charge in [-0.3, -0.25) is 0 Å². The summed E-state index contributed by atoms with van der Waals surface area (Å²) in [6.45, 7) is 4.74. The average Bonchev–Trinajstić information content (AvgIpc) is 2.46. The number of rotatable bonds is 5. The lowest BCUT2D eigenvalue weighted by Crippen LogP contribution is -2.03. The van der Waals surface area contributed by atoms with Crippen LogP contribution in [0, 0.1) is 5.82 Å². The fourth-order valence-electron chi connectivity index (χ4n) is 2.06. The first-order valence-corrected chi connectivity index (χ1v) is 6.77. The molecule has 2 aromatic carbocycles. The molecule has 0 spiro atoms. The van der Waals surface area contributed by atoms with Crippen molar-refractivity contribution < 1.29 is 9.13 Å². The molecular weight excluding hydrogens is 253 g/mol. The Kier molecular flexibility index (Phi) is 4.61. The van der Waals surface area contributed by atoms with Gasteiger partial charge in [-0.05, 0) is 29.7 Å². The van der Waals surface area contributed by atoms with Crippen LogP contribution in [0.1, 0.15) is 30.9 Å². The van der Waals surface area contributed by atoms with E-state index < -0.39 is 0 Å². The van der Waals surface area contributed by atoms with E-state index in [0.29, 0.717) is 18.0 Å². The standard InChI is InChI=1S/C17H20FNO/c1-12(2)13-6-4-8-15(10-13)19-11-14-7-5-9-16(20-3)17(14)18/h4-10,12,19H,11H2,1-3H3. The summed E-state index contributed by atoms with van der Waals surface area (Å²) in [4.78, 5) is 0. The summed E-state index contributed by atoms with van der Waals surface area (Å²) in [6, 6.07) is 13.4. The maximum Gasteiger partial charge on any atom is 0.170 e. The molecule has 0 heterocycles. The highest BCUT2D eigenvalue weighted by Crippen LogP contribution is 2.22. The molecule has 0 amide bonds. The van der Waals surface area contributed by atoms with Crippen LogP contribution in [0.2, 0.25) is 0 Å². The van der Waals surface area contributed by atoms with Crippen LogP contribution in [0.4, 0.5) is 10.1 Å². The first-order chi connectivity index (χ1) is 9.61. The Labute approximate surface area is 119 Å². The number of benzene rings is 2. The summed E-state index contributed by atoms with van der Waals surface area (Å²) in [5.41, 5.74) is 2.86. The third-order valence-electron chi connectivity index (χ3n) is 3.30. The molecule has 106 valence electrons. The molecule has 0 bridgehead atoms. The van der Waals surface area contributed by atoms with Gasteiger partial charge in [0, 0.05) is 17.8 Å². The third kappa shape index (κ3) is 3.29. The Hall–Kier alpha value is -2.03. The van der Waals surface area contributed by atoms with E-state index in [1.54, 1.807) is 18.2 Å². The quantitative estimate of drug-likeness (QED) is 0.861. The zero-order valence-electron chi connectivity index (χ0n) is 12.1. The van der Waals surface area contributed by atoms with Gasteiger partial charge in [-0.1, -0.05) is 38.1 Å². The molecule has 1 N–H and O–H groups in total. The van der Waals surface area contributed by atoms with E-state index in [1.807, 2.05) is 12.1 Å². The number of hydrogen-bond acceptors (Lipinski definition) is 2. The largest absolute Gasteiger partial charge is 0.494 e. The van der Waals surface area contributed by atoms with Crippen LogP contribution in [0.15, 0.2) is 42.5 Å². The summed E-state index contributed by atoms with van der Waals surface area (Å²) in [6.07, 6.45) is 0. The van der Waals surface area contributed by atoms with Crippen LogP contribution < -0.4 is 10.1 Å². The third-order valence-corrected chi connectivity index (χ3v) is 3.30. The molecule has 0 aromatic heterocycles. The van der Waals surface area contributed by atoms with Crippen molar-refractivity contribution >= 4 is 5.69 Å². The van der Waals surface area contributed by atoms with Crippen molar-refractivity contribution in [1.82, 2.24) is 0 Å². The monoisotopic (exact) mass is 273 g/mol. The molecule has 0 aliphatic carbocycles. The van der Waals surface area contributed by atoms with Crippen molar-refractivity contribution in [2.45, 2.75) is 26.3 Å². The van der Waals surface area contributed by atoms with Crippen LogP contribution in [0.5, 0.6) is 5.75 Å². The summed E-state index contributed by atoms with van der Waals surface area (Å²) in [7, 11) is 1.47. The molecule has 3 heteroatoms.